The molecule has 0 saturated carbocycles. The Bertz CT molecular complexity index is 934. The van der Waals surface area contributed by atoms with Gasteiger partial charge in [0.05, 0.1) is 33.6 Å². The summed E-state index contributed by atoms with van der Waals surface area (Å²) < 4.78 is 21.1. The Hall–Kier alpha value is -3.56. The fourth-order valence-corrected chi connectivity index (χ4v) is 3.49. The van der Waals surface area contributed by atoms with Crippen LogP contribution in [0, 0.1) is 0 Å². The van der Waals surface area contributed by atoms with Gasteiger partial charge in [-0.15, -0.1) is 0 Å². The Morgan fingerprint density at radius 1 is 1.00 bits per heavy atom. The van der Waals surface area contributed by atoms with E-state index in [4.69, 9.17) is 23.9 Å². The number of nitrogens with zero attached hydrogens (tertiary/aromatic N) is 4. The van der Waals surface area contributed by atoms with Crippen molar-refractivity contribution in [3.8, 4) is 28.5 Å². The molecular weight excluding hydrogens is 416 g/mol. The van der Waals surface area contributed by atoms with Gasteiger partial charge in [-0.3, -0.25) is 9.59 Å². The van der Waals surface area contributed by atoms with Gasteiger partial charge in [-0.05, 0) is 25.1 Å². The molecule has 0 radical (unpaired) electrons. The van der Waals surface area contributed by atoms with E-state index in [1.807, 2.05) is 23.1 Å². The van der Waals surface area contributed by atoms with Gasteiger partial charge in [-0.1, -0.05) is 0 Å². The molecule has 0 unspecified atom stereocenters. The highest BCUT2D eigenvalue weighted by Gasteiger charge is 2.25. The number of anilines is 1. The summed E-state index contributed by atoms with van der Waals surface area (Å²) in [6.45, 7) is 4.07. The fraction of sp³-hybridized carbons (Fsp3) is 0.455. The van der Waals surface area contributed by atoms with Crippen molar-refractivity contribution in [1.82, 2.24) is 14.9 Å². The summed E-state index contributed by atoms with van der Waals surface area (Å²) in [5, 5.41) is 0. The minimum Gasteiger partial charge on any atom is -0.493 e. The van der Waals surface area contributed by atoms with Crippen molar-refractivity contribution >= 4 is 17.8 Å². The number of benzene rings is 1. The minimum atomic E-state index is -0.499. The summed E-state index contributed by atoms with van der Waals surface area (Å²) in [4.78, 5) is 36.6. The van der Waals surface area contributed by atoms with E-state index in [9.17, 15) is 9.59 Å². The third-order valence-corrected chi connectivity index (χ3v) is 5.12. The van der Waals surface area contributed by atoms with Crippen molar-refractivity contribution in [3.63, 3.8) is 0 Å². The van der Waals surface area contributed by atoms with Crippen molar-refractivity contribution in [2.75, 3.05) is 59.0 Å². The standard InChI is InChI=1S/C22H28N4O6/c1-5-32-20(28)14-19(27)25-8-10-26(11-9-25)22-23-7-6-16(24-22)15-12-17(29-2)21(31-4)18(13-15)30-3/h6-7,12-13H,5,8-11,14H2,1-4H3. The van der Waals surface area contributed by atoms with E-state index in [0.29, 0.717) is 55.1 Å². The average molecular weight is 444 g/mol. The lowest BCUT2D eigenvalue weighted by Crippen LogP contribution is -2.49. The average Bonchev–Trinajstić information content (AvgIpc) is 2.83. The molecule has 0 atom stereocenters. The molecule has 1 aliphatic rings. The number of methoxy groups -OCH3 is 3. The summed E-state index contributed by atoms with van der Waals surface area (Å²) in [5.74, 6) is 1.42. The molecule has 0 aliphatic carbocycles. The molecule has 1 amide bonds. The monoisotopic (exact) mass is 444 g/mol. The van der Waals surface area contributed by atoms with Crippen molar-refractivity contribution < 1.29 is 28.5 Å². The van der Waals surface area contributed by atoms with Gasteiger partial charge in [0.2, 0.25) is 17.6 Å². The summed E-state index contributed by atoms with van der Waals surface area (Å²) in [6.07, 6.45) is 1.46. The molecule has 1 saturated heterocycles. The van der Waals surface area contributed by atoms with E-state index in [1.165, 1.54) is 0 Å². The minimum absolute atomic E-state index is 0.227. The first kappa shape index (κ1) is 23.1. The molecule has 10 heteroatoms. The van der Waals surface area contributed by atoms with E-state index in [-0.39, 0.29) is 18.9 Å². The van der Waals surface area contributed by atoms with Crippen molar-refractivity contribution in [3.05, 3.63) is 24.4 Å². The lowest BCUT2D eigenvalue weighted by molar-refractivity contribution is -0.148. The summed E-state index contributed by atoms with van der Waals surface area (Å²) in [6, 6.07) is 5.47. The molecule has 2 heterocycles. The van der Waals surface area contributed by atoms with Crippen LogP contribution in [0.1, 0.15) is 13.3 Å². The third kappa shape index (κ3) is 5.19. The number of esters is 1. The van der Waals surface area contributed by atoms with Gasteiger partial charge in [0.1, 0.15) is 6.42 Å². The zero-order valence-electron chi connectivity index (χ0n) is 18.8. The molecule has 32 heavy (non-hydrogen) atoms. The molecule has 1 fully saturated rings. The van der Waals surface area contributed by atoms with Crippen molar-refractivity contribution in [2.45, 2.75) is 13.3 Å². The molecule has 0 N–H and O–H groups in total. The van der Waals surface area contributed by atoms with E-state index in [0.717, 1.165) is 5.56 Å². The lowest BCUT2D eigenvalue weighted by atomic mass is 10.1. The van der Waals surface area contributed by atoms with Crippen molar-refractivity contribution in [1.29, 1.82) is 0 Å². The van der Waals surface area contributed by atoms with Crippen LogP contribution in [0.2, 0.25) is 0 Å². The van der Waals surface area contributed by atoms with Gasteiger partial charge in [-0.2, -0.15) is 0 Å². The molecule has 10 nitrogen and oxygen atoms in total. The fourth-order valence-electron chi connectivity index (χ4n) is 3.49. The van der Waals surface area contributed by atoms with Crippen molar-refractivity contribution in [2.24, 2.45) is 0 Å². The molecule has 0 bridgehead atoms. The smallest absolute Gasteiger partial charge is 0.315 e. The van der Waals surface area contributed by atoms with Gasteiger partial charge in [0, 0.05) is 37.9 Å². The van der Waals surface area contributed by atoms with Crippen LogP contribution in [0.5, 0.6) is 17.2 Å². The zero-order valence-corrected chi connectivity index (χ0v) is 18.8. The molecule has 1 aliphatic heterocycles. The molecular formula is C22H28N4O6. The molecule has 2 aromatic rings. The van der Waals surface area contributed by atoms with Crippen LogP contribution in [0.3, 0.4) is 0 Å². The van der Waals surface area contributed by atoms with Gasteiger partial charge < -0.3 is 28.7 Å². The normalized spacial score (nSPS) is 13.5. The quantitative estimate of drug-likeness (QED) is 0.445. The summed E-state index contributed by atoms with van der Waals surface area (Å²) in [5.41, 5.74) is 1.50. The number of amides is 1. The highest BCUT2D eigenvalue weighted by molar-refractivity contribution is 5.94. The van der Waals surface area contributed by atoms with E-state index < -0.39 is 5.97 Å². The maximum atomic E-state index is 12.3. The second-order valence-electron chi connectivity index (χ2n) is 7.01. The Morgan fingerprint density at radius 3 is 2.22 bits per heavy atom. The SMILES string of the molecule is CCOC(=O)CC(=O)N1CCN(c2nccc(-c3cc(OC)c(OC)c(OC)c3)n2)CC1. The van der Waals surface area contributed by atoms with Crippen LogP contribution in [-0.2, 0) is 14.3 Å². The number of hydrogen-bond acceptors (Lipinski definition) is 9. The Morgan fingerprint density at radius 2 is 1.66 bits per heavy atom. The first-order chi connectivity index (χ1) is 15.5. The topological polar surface area (TPSA) is 103 Å². The highest BCUT2D eigenvalue weighted by Crippen LogP contribution is 2.40. The Kier molecular flexibility index (Phi) is 7.69. The maximum Gasteiger partial charge on any atom is 0.315 e. The van der Waals surface area contributed by atoms with Gasteiger partial charge >= 0.3 is 5.97 Å². The Labute approximate surface area is 187 Å². The van der Waals surface area contributed by atoms with E-state index in [1.54, 1.807) is 39.3 Å². The Balaban J connectivity index is 1.73. The summed E-state index contributed by atoms with van der Waals surface area (Å²) in [7, 11) is 4.68. The van der Waals surface area contributed by atoms with Gasteiger partial charge in [0.15, 0.2) is 11.5 Å². The van der Waals surface area contributed by atoms with E-state index in [2.05, 4.69) is 4.98 Å². The second-order valence-corrected chi connectivity index (χ2v) is 7.01. The largest absolute Gasteiger partial charge is 0.493 e. The first-order valence-corrected chi connectivity index (χ1v) is 10.3. The number of aromatic nitrogens is 2. The number of carbonyl (C=O) groups is 2. The van der Waals surface area contributed by atoms with Gasteiger partial charge in [-0.25, -0.2) is 9.97 Å². The number of carbonyl (C=O) groups excluding carboxylic acids is 2. The van der Waals surface area contributed by atoms with Crippen LogP contribution in [0.15, 0.2) is 24.4 Å². The first-order valence-electron chi connectivity index (χ1n) is 10.3. The predicted octanol–water partition coefficient (Wildman–Crippen LogP) is 1.77. The van der Waals surface area contributed by atoms with Crippen LogP contribution in [0.25, 0.3) is 11.3 Å². The molecule has 3 rings (SSSR count). The second kappa shape index (κ2) is 10.7. The van der Waals surface area contributed by atoms with Crippen LogP contribution >= 0.6 is 0 Å². The van der Waals surface area contributed by atoms with E-state index >= 15 is 0 Å². The highest BCUT2D eigenvalue weighted by atomic mass is 16.5. The van der Waals surface area contributed by atoms with Crippen LogP contribution < -0.4 is 19.1 Å². The number of hydrogen-bond donors (Lipinski definition) is 0. The number of piperazine rings is 1. The lowest BCUT2D eigenvalue weighted by Gasteiger charge is -2.34. The molecule has 1 aromatic heterocycles. The van der Waals surface area contributed by atoms with Gasteiger partial charge in [0.25, 0.3) is 0 Å². The van der Waals surface area contributed by atoms with Crippen LogP contribution in [-0.4, -0.2) is 80.9 Å². The predicted molar refractivity (Wildman–Crippen MR) is 117 cm³/mol. The number of ether oxygens (including phenoxy) is 4. The molecule has 1 aromatic carbocycles. The number of rotatable bonds is 8. The molecule has 0 spiro atoms. The zero-order chi connectivity index (χ0) is 23.1. The summed E-state index contributed by atoms with van der Waals surface area (Å²) >= 11 is 0. The maximum absolute atomic E-state index is 12.3. The van der Waals surface area contributed by atoms with Crippen LogP contribution in [0.4, 0.5) is 5.95 Å². The molecule has 172 valence electrons. The third-order valence-electron chi connectivity index (χ3n) is 5.12.